The van der Waals surface area contributed by atoms with Gasteiger partial charge in [-0.05, 0) is 56.5 Å². The van der Waals surface area contributed by atoms with Gasteiger partial charge < -0.3 is 14.8 Å². The number of nitro benzene ring substituents is 1. The van der Waals surface area contributed by atoms with Crippen molar-refractivity contribution >= 4 is 45.9 Å². The molecule has 0 atom stereocenters. The Kier molecular flexibility index (Phi) is 6.96. The molecule has 3 rings (SSSR count). The zero-order valence-corrected chi connectivity index (χ0v) is 18.4. The first-order valence-corrected chi connectivity index (χ1v) is 11.1. The number of nitrogens with zero attached hydrogens (tertiary/aromatic N) is 3. The lowest BCUT2D eigenvalue weighted by atomic mass is 10.1. The molecule has 3 aromatic rings. The lowest BCUT2D eigenvalue weighted by Gasteiger charge is -2.19. The summed E-state index contributed by atoms with van der Waals surface area (Å²) in [5.41, 5.74) is 1.17. The molecule has 2 amide bonds. The van der Waals surface area contributed by atoms with E-state index in [0.29, 0.717) is 18.8 Å². The Morgan fingerprint density at radius 2 is 1.87 bits per heavy atom. The molecule has 9 heteroatoms. The molecule has 0 radical (unpaired) electrons. The van der Waals surface area contributed by atoms with E-state index in [1.807, 2.05) is 43.0 Å². The van der Waals surface area contributed by atoms with Gasteiger partial charge in [-0.25, -0.2) is 0 Å². The summed E-state index contributed by atoms with van der Waals surface area (Å²) in [5.74, 6) is -0.501. The molecule has 1 aromatic heterocycles. The van der Waals surface area contributed by atoms with Crippen LogP contribution in [-0.2, 0) is 11.3 Å². The number of aromatic nitrogens is 1. The van der Waals surface area contributed by atoms with Gasteiger partial charge in [0.1, 0.15) is 12.1 Å². The fourth-order valence-electron chi connectivity index (χ4n) is 3.42. The second kappa shape index (κ2) is 9.65. The fraction of sp³-hybridized carbons (Fsp3) is 0.273. The van der Waals surface area contributed by atoms with Crippen LogP contribution in [0.2, 0.25) is 0 Å². The van der Waals surface area contributed by atoms with Crippen molar-refractivity contribution in [3.8, 4) is 0 Å². The molecule has 0 spiro atoms. The molecule has 0 aliphatic rings. The zero-order valence-electron chi connectivity index (χ0n) is 17.6. The largest absolute Gasteiger partial charge is 0.342 e. The number of hydrogen-bond donors (Lipinski definition) is 1. The molecule has 0 fully saturated rings. The molecule has 8 nitrogen and oxygen atoms in total. The van der Waals surface area contributed by atoms with E-state index in [0.717, 1.165) is 15.8 Å². The van der Waals surface area contributed by atoms with Gasteiger partial charge in [0, 0.05) is 46.8 Å². The lowest BCUT2D eigenvalue weighted by Crippen LogP contribution is -2.33. The van der Waals surface area contributed by atoms with Crippen molar-refractivity contribution in [3.05, 3.63) is 64.3 Å². The first kappa shape index (κ1) is 22.4. The van der Waals surface area contributed by atoms with Crippen LogP contribution in [0, 0.1) is 10.1 Å². The first-order valence-electron chi connectivity index (χ1n) is 9.88. The van der Waals surface area contributed by atoms with E-state index in [4.69, 9.17) is 0 Å². The normalized spacial score (nSPS) is 10.8. The standard InChI is InChI=1S/C22H24N4O4S/c1-4-24(5-2)21(27)14-25-11-10-15-12-16(6-8-19(15)25)23-22(28)18-13-17(31-3)7-9-20(18)26(29)30/h6-13H,4-5,14H2,1-3H3,(H,23,28). The highest BCUT2D eigenvalue weighted by Crippen LogP contribution is 2.27. The van der Waals surface area contributed by atoms with Crippen molar-refractivity contribution < 1.29 is 14.5 Å². The van der Waals surface area contributed by atoms with E-state index in [2.05, 4.69) is 5.32 Å². The Morgan fingerprint density at radius 1 is 1.13 bits per heavy atom. The third-order valence-corrected chi connectivity index (χ3v) is 5.82. The number of rotatable bonds is 8. The molecule has 2 aromatic carbocycles. The number of likely N-dealkylation sites (N-methyl/N-ethyl adjacent to an activating group) is 1. The van der Waals surface area contributed by atoms with Gasteiger partial charge in [0.15, 0.2) is 0 Å². The fourth-order valence-corrected chi connectivity index (χ4v) is 3.86. The topological polar surface area (TPSA) is 97.5 Å². The van der Waals surface area contributed by atoms with Gasteiger partial charge in [-0.15, -0.1) is 11.8 Å². The van der Waals surface area contributed by atoms with Gasteiger partial charge in [-0.3, -0.25) is 19.7 Å². The molecule has 1 N–H and O–H groups in total. The average molecular weight is 441 g/mol. The Morgan fingerprint density at radius 3 is 2.52 bits per heavy atom. The molecule has 0 aliphatic carbocycles. The molecule has 0 saturated heterocycles. The summed E-state index contributed by atoms with van der Waals surface area (Å²) in [5, 5.41) is 14.9. The molecule has 0 saturated carbocycles. The van der Waals surface area contributed by atoms with Crippen molar-refractivity contribution in [2.75, 3.05) is 24.7 Å². The summed E-state index contributed by atoms with van der Waals surface area (Å²) in [6.07, 6.45) is 3.68. The Labute approximate surface area is 184 Å². The van der Waals surface area contributed by atoms with Crippen LogP contribution in [0.4, 0.5) is 11.4 Å². The van der Waals surface area contributed by atoms with E-state index in [1.54, 1.807) is 23.1 Å². The number of anilines is 1. The third-order valence-electron chi connectivity index (χ3n) is 5.10. The van der Waals surface area contributed by atoms with Gasteiger partial charge in [-0.1, -0.05) is 0 Å². The maximum absolute atomic E-state index is 12.8. The third kappa shape index (κ3) is 4.88. The van der Waals surface area contributed by atoms with Crippen LogP contribution < -0.4 is 5.32 Å². The van der Waals surface area contributed by atoms with Crippen LogP contribution in [0.1, 0.15) is 24.2 Å². The van der Waals surface area contributed by atoms with E-state index in [1.165, 1.54) is 23.9 Å². The summed E-state index contributed by atoms with van der Waals surface area (Å²) in [6.45, 7) is 5.46. The molecule has 1 heterocycles. The highest BCUT2D eigenvalue weighted by molar-refractivity contribution is 7.98. The van der Waals surface area contributed by atoms with Gasteiger partial charge in [0.25, 0.3) is 11.6 Å². The number of carbonyl (C=O) groups is 2. The van der Waals surface area contributed by atoms with E-state index in [-0.39, 0.29) is 23.7 Å². The summed E-state index contributed by atoms with van der Waals surface area (Å²) < 4.78 is 1.87. The van der Waals surface area contributed by atoms with Gasteiger partial charge in [-0.2, -0.15) is 0 Å². The number of nitro groups is 1. The molecule has 162 valence electrons. The Hall–Kier alpha value is -3.33. The number of amides is 2. The highest BCUT2D eigenvalue weighted by atomic mass is 32.2. The maximum Gasteiger partial charge on any atom is 0.282 e. The quantitative estimate of drug-likeness (QED) is 0.318. The van der Waals surface area contributed by atoms with E-state index >= 15 is 0 Å². The van der Waals surface area contributed by atoms with Gasteiger partial charge in [0.05, 0.1) is 4.92 Å². The van der Waals surface area contributed by atoms with Crippen LogP contribution >= 0.6 is 11.8 Å². The summed E-state index contributed by atoms with van der Waals surface area (Å²) in [6, 6.07) is 11.7. The highest BCUT2D eigenvalue weighted by Gasteiger charge is 2.21. The smallest absolute Gasteiger partial charge is 0.282 e. The monoisotopic (exact) mass is 440 g/mol. The van der Waals surface area contributed by atoms with E-state index in [9.17, 15) is 19.7 Å². The van der Waals surface area contributed by atoms with Gasteiger partial charge >= 0.3 is 0 Å². The minimum atomic E-state index is -0.560. The molecule has 0 aliphatic heterocycles. The zero-order chi connectivity index (χ0) is 22.5. The average Bonchev–Trinajstić information content (AvgIpc) is 3.15. The van der Waals surface area contributed by atoms with Crippen LogP contribution in [0.25, 0.3) is 10.9 Å². The first-order chi connectivity index (χ1) is 14.9. The minimum Gasteiger partial charge on any atom is -0.342 e. The van der Waals surface area contributed by atoms with Crippen LogP contribution in [-0.4, -0.2) is 45.5 Å². The molecule has 0 unspecified atom stereocenters. The van der Waals surface area contributed by atoms with Crippen molar-refractivity contribution in [3.63, 3.8) is 0 Å². The van der Waals surface area contributed by atoms with Crippen molar-refractivity contribution in [2.24, 2.45) is 0 Å². The number of benzene rings is 2. The lowest BCUT2D eigenvalue weighted by molar-refractivity contribution is -0.385. The Bertz CT molecular complexity index is 1140. The SMILES string of the molecule is CCN(CC)C(=O)Cn1ccc2cc(NC(=O)c3cc(SC)ccc3[N+](=O)[O-])ccc21. The second-order valence-electron chi connectivity index (χ2n) is 6.88. The predicted molar refractivity (Wildman–Crippen MR) is 123 cm³/mol. The van der Waals surface area contributed by atoms with Crippen molar-refractivity contribution in [2.45, 2.75) is 25.3 Å². The maximum atomic E-state index is 12.8. The summed E-state index contributed by atoms with van der Waals surface area (Å²) in [7, 11) is 0. The van der Waals surface area contributed by atoms with Gasteiger partial charge in [0.2, 0.25) is 5.91 Å². The predicted octanol–water partition coefficient (Wildman–Crippen LogP) is 4.39. The van der Waals surface area contributed by atoms with Crippen LogP contribution in [0.15, 0.2) is 53.6 Å². The number of thioether (sulfide) groups is 1. The number of carbonyl (C=O) groups excluding carboxylic acids is 2. The number of hydrogen-bond acceptors (Lipinski definition) is 5. The van der Waals surface area contributed by atoms with Crippen molar-refractivity contribution in [1.82, 2.24) is 9.47 Å². The minimum absolute atomic E-state index is 0.0133. The van der Waals surface area contributed by atoms with Crippen LogP contribution in [0.5, 0.6) is 0 Å². The van der Waals surface area contributed by atoms with E-state index < -0.39 is 10.8 Å². The second-order valence-corrected chi connectivity index (χ2v) is 7.76. The van der Waals surface area contributed by atoms with Crippen LogP contribution in [0.3, 0.4) is 0 Å². The number of nitrogens with one attached hydrogen (secondary N) is 1. The molecular formula is C22H24N4O4S. The molecule has 0 bridgehead atoms. The molecule has 31 heavy (non-hydrogen) atoms. The number of fused-ring (bicyclic) bond motifs is 1. The summed E-state index contributed by atoms with van der Waals surface area (Å²) in [4.78, 5) is 38.5. The Balaban J connectivity index is 1.83. The van der Waals surface area contributed by atoms with Crippen molar-refractivity contribution in [1.29, 1.82) is 0 Å². The molecular weight excluding hydrogens is 416 g/mol. The summed E-state index contributed by atoms with van der Waals surface area (Å²) >= 11 is 1.41.